The minimum absolute atomic E-state index is 0.0351. The lowest BCUT2D eigenvalue weighted by Crippen LogP contribution is -2.51. The Kier molecular flexibility index (Phi) is 9.33. The zero-order valence-corrected chi connectivity index (χ0v) is 30.8. The van der Waals surface area contributed by atoms with Gasteiger partial charge in [-0.3, -0.25) is 9.59 Å². The van der Waals surface area contributed by atoms with E-state index in [9.17, 15) is 9.59 Å². The molecule has 4 aromatic rings. The first-order valence-electron chi connectivity index (χ1n) is 18.6. The topological polar surface area (TPSA) is 94.6 Å². The van der Waals surface area contributed by atoms with Gasteiger partial charge in [-0.2, -0.15) is 0 Å². The molecule has 274 valence electrons. The van der Waals surface area contributed by atoms with Crippen LogP contribution in [0.5, 0.6) is 11.5 Å². The summed E-state index contributed by atoms with van der Waals surface area (Å²) in [7, 11) is 0. The number of rotatable bonds is 10. The maximum atomic E-state index is 15.5. The Hall–Kier alpha value is -4.99. The van der Waals surface area contributed by atoms with Gasteiger partial charge in [-0.15, -0.1) is 0 Å². The van der Waals surface area contributed by atoms with Crippen LogP contribution in [0.4, 0.5) is 4.79 Å². The summed E-state index contributed by atoms with van der Waals surface area (Å²) in [5.41, 5.74) is 7.38. The molecule has 53 heavy (non-hydrogen) atoms. The Morgan fingerprint density at radius 3 is 1.53 bits per heavy atom. The largest absolute Gasteiger partial charge is 0.493 e. The first-order chi connectivity index (χ1) is 25.5. The van der Waals surface area contributed by atoms with Crippen LogP contribution in [0.3, 0.4) is 0 Å². The summed E-state index contributed by atoms with van der Waals surface area (Å²) in [4.78, 5) is 44.3. The van der Waals surface area contributed by atoms with Crippen LogP contribution >= 0.6 is 0 Å². The van der Waals surface area contributed by atoms with Gasteiger partial charge in [0.05, 0.1) is 25.3 Å². The van der Waals surface area contributed by atoms with E-state index < -0.39 is 30.1 Å². The quantitative estimate of drug-likeness (QED) is 0.161. The highest BCUT2D eigenvalue weighted by Gasteiger charge is 2.55. The molecule has 0 aliphatic carbocycles. The number of ether oxygens (including phenoxy) is 4. The predicted molar refractivity (Wildman–Crippen MR) is 199 cm³/mol. The van der Waals surface area contributed by atoms with E-state index >= 15 is 4.79 Å². The molecule has 4 aliphatic rings. The van der Waals surface area contributed by atoms with Crippen LogP contribution in [0.15, 0.2) is 84.9 Å². The molecule has 0 bridgehead atoms. The van der Waals surface area contributed by atoms with Crippen molar-refractivity contribution in [1.29, 1.82) is 0 Å². The lowest BCUT2D eigenvalue weighted by atomic mass is 9.90. The number of carbonyl (C=O) groups is 3. The standard InChI is InChI=1S/C44H46N2O7/c1-27(47)33-9-5-7-31(21-33)25-45-37(23-29-11-13-39-35(19-29)15-17-50-39)41-42(53-44(3,4)52-41)38(24-30-12-14-40-36(20-30)16-18-51-40)46(43(45)49)26-32-8-6-10-34(22-32)28(2)48/h5-14,19-22,37-38,41-42H,15-18,23-26H2,1-4H3/t37-,38-,41+,42+/m1/s1. The van der Waals surface area contributed by atoms with E-state index in [2.05, 4.69) is 24.3 Å². The fourth-order valence-corrected chi connectivity index (χ4v) is 8.43. The number of hydrogen-bond donors (Lipinski definition) is 0. The van der Waals surface area contributed by atoms with Gasteiger partial charge in [0.15, 0.2) is 17.4 Å². The van der Waals surface area contributed by atoms with Gasteiger partial charge in [-0.05, 0) is 98.2 Å². The van der Waals surface area contributed by atoms with Crippen molar-refractivity contribution >= 4 is 17.6 Å². The van der Waals surface area contributed by atoms with Crippen molar-refractivity contribution in [2.45, 2.75) is 96.5 Å². The third kappa shape index (κ3) is 7.20. The number of hydrogen-bond acceptors (Lipinski definition) is 7. The number of Topliss-reactive ketones (excluding diaryl/α,β-unsaturated/α-hetero) is 2. The Labute approximate surface area is 310 Å². The molecule has 2 amide bonds. The fourth-order valence-electron chi connectivity index (χ4n) is 8.43. The van der Waals surface area contributed by atoms with Gasteiger partial charge in [-0.25, -0.2) is 4.79 Å². The van der Waals surface area contributed by atoms with E-state index in [0.29, 0.717) is 37.2 Å². The molecule has 0 spiro atoms. The Bertz CT molecular complexity index is 1930. The van der Waals surface area contributed by atoms with Crippen molar-refractivity contribution in [3.8, 4) is 11.5 Å². The molecule has 2 saturated heterocycles. The van der Waals surface area contributed by atoms with E-state index in [1.807, 2.05) is 72.2 Å². The maximum Gasteiger partial charge on any atom is 0.321 e. The molecule has 0 N–H and O–H groups in total. The summed E-state index contributed by atoms with van der Waals surface area (Å²) < 4.78 is 25.4. The van der Waals surface area contributed by atoms with Crippen molar-refractivity contribution in [3.05, 3.63) is 129 Å². The highest BCUT2D eigenvalue weighted by atomic mass is 16.8. The summed E-state index contributed by atoms with van der Waals surface area (Å²) in [6.07, 6.45) is 1.78. The molecule has 0 saturated carbocycles. The third-order valence-corrected chi connectivity index (χ3v) is 11.0. The van der Waals surface area contributed by atoms with Gasteiger partial charge >= 0.3 is 6.03 Å². The maximum absolute atomic E-state index is 15.5. The highest BCUT2D eigenvalue weighted by Crippen LogP contribution is 2.41. The SMILES string of the molecule is CC(=O)c1cccc(CN2C(=O)N(Cc3cccc(C(C)=O)c3)[C@H](Cc3ccc4c(c3)CCO4)[C@@H]3OC(C)(C)O[C@H]3[C@H]2Cc2ccc3c(c2)CCO3)c1. The Morgan fingerprint density at radius 2 is 1.09 bits per heavy atom. The fraction of sp³-hybridized carbons (Fsp3) is 0.386. The van der Waals surface area contributed by atoms with E-state index in [1.54, 1.807) is 26.0 Å². The normalized spacial score (nSPS) is 22.8. The monoisotopic (exact) mass is 714 g/mol. The number of nitrogens with zero attached hydrogens (tertiary/aromatic N) is 2. The van der Waals surface area contributed by atoms with Crippen molar-refractivity contribution < 1.29 is 33.3 Å². The van der Waals surface area contributed by atoms with Crippen LogP contribution in [0.1, 0.15) is 81.8 Å². The molecule has 4 heterocycles. The molecule has 9 heteroatoms. The number of ketones is 2. The minimum Gasteiger partial charge on any atom is -0.493 e. The lowest BCUT2D eigenvalue weighted by molar-refractivity contribution is -0.157. The Balaban J connectivity index is 1.26. The molecule has 0 radical (unpaired) electrons. The summed E-state index contributed by atoms with van der Waals surface area (Å²) in [6.45, 7) is 8.84. The molecule has 9 nitrogen and oxygen atoms in total. The first kappa shape index (κ1) is 35.1. The lowest BCUT2D eigenvalue weighted by Gasteiger charge is -2.37. The first-order valence-corrected chi connectivity index (χ1v) is 18.6. The second-order valence-electron chi connectivity index (χ2n) is 15.2. The predicted octanol–water partition coefficient (Wildman–Crippen LogP) is 7.14. The number of urea groups is 1. The van der Waals surface area contributed by atoms with Crippen molar-refractivity contribution in [2.24, 2.45) is 0 Å². The highest BCUT2D eigenvalue weighted by molar-refractivity contribution is 5.94. The van der Waals surface area contributed by atoms with Gasteiger partial charge in [0, 0.05) is 37.1 Å². The van der Waals surface area contributed by atoms with Crippen LogP contribution in [0.2, 0.25) is 0 Å². The molecule has 0 aromatic heterocycles. The van der Waals surface area contributed by atoms with E-state index in [-0.39, 0.29) is 30.7 Å². The summed E-state index contributed by atoms with van der Waals surface area (Å²) >= 11 is 0. The van der Waals surface area contributed by atoms with Crippen LogP contribution in [-0.2, 0) is 48.2 Å². The van der Waals surface area contributed by atoms with E-state index in [1.165, 1.54) is 0 Å². The van der Waals surface area contributed by atoms with Gasteiger partial charge in [0.2, 0.25) is 0 Å². The van der Waals surface area contributed by atoms with E-state index in [0.717, 1.165) is 57.7 Å². The van der Waals surface area contributed by atoms with Crippen LogP contribution < -0.4 is 9.47 Å². The number of fused-ring (bicyclic) bond motifs is 3. The summed E-state index contributed by atoms with van der Waals surface area (Å²) in [5.74, 6) is 0.826. The summed E-state index contributed by atoms with van der Waals surface area (Å²) in [5, 5.41) is 0. The van der Waals surface area contributed by atoms with Gasteiger partial charge in [0.25, 0.3) is 0 Å². The van der Waals surface area contributed by atoms with Crippen molar-refractivity contribution in [2.75, 3.05) is 13.2 Å². The summed E-state index contributed by atoms with van der Waals surface area (Å²) in [6, 6.07) is 26.6. The molecule has 2 fully saturated rings. The smallest absolute Gasteiger partial charge is 0.321 e. The minimum atomic E-state index is -0.912. The second kappa shape index (κ2) is 14.1. The molecule has 8 rings (SSSR count). The Morgan fingerprint density at radius 1 is 0.642 bits per heavy atom. The molecule has 4 aliphatic heterocycles. The molecule has 4 aromatic carbocycles. The van der Waals surface area contributed by atoms with Gasteiger partial charge in [-0.1, -0.05) is 60.7 Å². The van der Waals surface area contributed by atoms with Crippen LogP contribution in [-0.4, -0.2) is 70.7 Å². The molecule has 4 atom stereocenters. The van der Waals surface area contributed by atoms with Crippen molar-refractivity contribution in [1.82, 2.24) is 9.80 Å². The molecular formula is C44H46N2O7. The zero-order valence-electron chi connectivity index (χ0n) is 30.8. The van der Waals surface area contributed by atoms with Gasteiger partial charge in [0.1, 0.15) is 23.7 Å². The van der Waals surface area contributed by atoms with Crippen LogP contribution in [0.25, 0.3) is 0 Å². The number of carbonyl (C=O) groups excluding carboxylic acids is 3. The number of benzene rings is 4. The van der Waals surface area contributed by atoms with Crippen molar-refractivity contribution in [3.63, 3.8) is 0 Å². The second-order valence-corrected chi connectivity index (χ2v) is 15.2. The van der Waals surface area contributed by atoms with Crippen LogP contribution in [0, 0.1) is 0 Å². The average Bonchev–Trinajstić information content (AvgIpc) is 3.88. The molecule has 0 unspecified atom stereocenters. The molecular weight excluding hydrogens is 668 g/mol. The van der Waals surface area contributed by atoms with Gasteiger partial charge < -0.3 is 28.7 Å². The third-order valence-electron chi connectivity index (χ3n) is 11.0. The average molecular weight is 715 g/mol. The van der Waals surface area contributed by atoms with E-state index in [4.69, 9.17) is 18.9 Å². The number of amides is 2. The zero-order chi connectivity index (χ0) is 36.9.